The maximum absolute atomic E-state index is 12.9. The van der Waals surface area contributed by atoms with Gasteiger partial charge in [-0.25, -0.2) is 4.68 Å². The van der Waals surface area contributed by atoms with Crippen LogP contribution in [0.3, 0.4) is 0 Å². The van der Waals surface area contributed by atoms with Gasteiger partial charge in [-0.2, -0.15) is 5.10 Å². The van der Waals surface area contributed by atoms with Crippen molar-refractivity contribution in [3.8, 4) is 0 Å². The molecule has 1 N–H and O–H groups in total. The summed E-state index contributed by atoms with van der Waals surface area (Å²) in [6, 6.07) is 17.1. The van der Waals surface area contributed by atoms with Gasteiger partial charge in [-0.15, -0.1) is 0 Å². The Balaban J connectivity index is 1.53. The van der Waals surface area contributed by atoms with Gasteiger partial charge in [0.2, 0.25) is 5.91 Å². The summed E-state index contributed by atoms with van der Waals surface area (Å²) in [6.07, 6.45) is 3.39. The molecular formula is C20H17Cl2N3O. The molecule has 1 aliphatic rings. The van der Waals surface area contributed by atoms with Crippen LogP contribution in [0.1, 0.15) is 24.0 Å². The Bertz CT molecular complexity index is 949. The van der Waals surface area contributed by atoms with E-state index in [0.29, 0.717) is 22.4 Å². The summed E-state index contributed by atoms with van der Waals surface area (Å²) in [5.41, 5.74) is 1.53. The molecule has 1 fully saturated rings. The van der Waals surface area contributed by atoms with Gasteiger partial charge in [-0.05, 0) is 36.1 Å². The monoisotopic (exact) mass is 385 g/mol. The number of nitrogens with one attached hydrogen (secondary N) is 1. The molecule has 1 heterocycles. The lowest BCUT2D eigenvalue weighted by Gasteiger charge is -2.16. The number of hydrogen-bond donors (Lipinski definition) is 1. The first kappa shape index (κ1) is 17.1. The second-order valence-electron chi connectivity index (χ2n) is 6.51. The van der Waals surface area contributed by atoms with E-state index in [2.05, 4.69) is 10.4 Å². The minimum atomic E-state index is -0.422. The number of nitrogens with zero attached hydrogens (tertiary/aromatic N) is 2. The fraction of sp³-hybridized carbons (Fsp3) is 0.200. The van der Waals surface area contributed by atoms with E-state index in [4.69, 9.17) is 23.2 Å². The number of hydrogen-bond acceptors (Lipinski definition) is 2. The number of amides is 1. The standard InChI is InChI=1S/C20H17Cl2N3O/c21-16-7-6-14(17(22)12-16)13-25-18(8-11-23-25)24-19(26)20(9-10-20)15-4-2-1-3-5-15/h1-8,11-12H,9-10,13H2,(H,24,26). The summed E-state index contributed by atoms with van der Waals surface area (Å²) < 4.78 is 1.73. The zero-order valence-corrected chi connectivity index (χ0v) is 15.5. The smallest absolute Gasteiger partial charge is 0.236 e. The van der Waals surface area contributed by atoms with Crippen molar-refractivity contribution in [1.29, 1.82) is 0 Å². The van der Waals surface area contributed by atoms with Crippen molar-refractivity contribution in [2.45, 2.75) is 24.8 Å². The predicted molar refractivity (Wildman–Crippen MR) is 104 cm³/mol. The molecule has 4 rings (SSSR count). The number of rotatable bonds is 5. The zero-order chi connectivity index (χ0) is 18.1. The molecule has 0 atom stereocenters. The van der Waals surface area contributed by atoms with Gasteiger partial charge in [0.1, 0.15) is 5.82 Å². The number of benzene rings is 2. The predicted octanol–water partition coefficient (Wildman–Crippen LogP) is 4.91. The molecule has 0 spiro atoms. The van der Waals surface area contributed by atoms with E-state index in [0.717, 1.165) is 24.0 Å². The van der Waals surface area contributed by atoms with E-state index in [1.807, 2.05) is 36.4 Å². The highest BCUT2D eigenvalue weighted by molar-refractivity contribution is 6.35. The highest BCUT2D eigenvalue weighted by Gasteiger charge is 2.51. The van der Waals surface area contributed by atoms with Crippen molar-refractivity contribution in [2.24, 2.45) is 0 Å². The molecule has 0 radical (unpaired) electrons. The average molecular weight is 386 g/mol. The minimum absolute atomic E-state index is 0.00709. The quantitative estimate of drug-likeness (QED) is 0.678. The largest absolute Gasteiger partial charge is 0.310 e. The molecule has 3 aromatic rings. The average Bonchev–Trinajstić information content (AvgIpc) is 3.35. The van der Waals surface area contributed by atoms with Gasteiger partial charge in [0, 0.05) is 16.1 Å². The van der Waals surface area contributed by atoms with Gasteiger partial charge in [-0.3, -0.25) is 4.79 Å². The molecule has 1 aromatic heterocycles. The summed E-state index contributed by atoms with van der Waals surface area (Å²) in [7, 11) is 0. The van der Waals surface area contributed by atoms with E-state index in [9.17, 15) is 4.79 Å². The summed E-state index contributed by atoms with van der Waals surface area (Å²) in [6.45, 7) is 0.455. The molecule has 0 bridgehead atoms. The van der Waals surface area contributed by atoms with E-state index in [-0.39, 0.29) is 5.91 Å². The molecule has 4 nitrogen and oxygen atoms in total. The first-order valence-corrected chi connectivity index (χ1v) is 9.17. The van der Waals surface area contributed by atoms with Crippen LogP contribution in [0.4, 0.5) is 5.82 Å². The topological polar surface area (TPSA) is 46.9 Å². The molecule has 6 heteroatoms. The Kier molecular flexibility index (Phi) is 4.47. The van der Waals surface area contributed by atoms with Crippen LogP contribution in [0.2, 0.25) is 10.0 Å². The van der Waals surface area contributed by atoms with E-state index < -0.39 is 5.41 Å². The Morgan fingerprint density at radius 2 is 1.88 bits per heavy atom. The molecule has 26 heavy (non-hydrogen) atoms. The maximum Gasteiger partial charge on any atom is 0.236 e. The second kappa shape index (κ2) is 6.78. The molecule has 0 saturated heterocycles. The van der Waals surface area contributed by atoms with Crippen LogP contribution in [-0.2, 0) is 16.8 Å². The number of carbonyl (C=O) groups excluding carboxylic acids is 1. The van der Waals surface area contributed by atoms with Gasteiger partial charge in [0.25, 0.3) is 0 Å². The zero-order valence-electron chi connectivity index (χ0n) is 14.0. The third kappa shape index (κ3) is 3.22. The highest BCUT2D eigenvalue weighted by Crippen LogP contribution is 2.48. The van der Waals surface area contributed by atoms with Crippen LogP contribution in [0.25, 0.3) is 0 Å². The van der Waals surface area contributed by atoms with Gasteiger partial charge in [0.05, 0.1) is 18.2 Å². The number of aromatic nitrogens is 2. The summed E-state index contributed by atoms with van der Waals surface area (Å²) in [5.74, 6) is 0.663. The van der Waals surface area contributed by atoms with Crippen molar-refractivity contribution in [3.05, 3.63) is 82.0 Å². The minimum Gasteiger partial charge on any atom is -0.310 e. The highest BCUT2D eigenvalue weighted by atomic mass is 35.5. The third-order valence-corrected chi connectivity index (χ3v) is 5.39. The van der Waals surface area contributed by atoms with Crippen molar-refractivity contribution >= 4 is 34.9 Å². The fourth-order valence-corrected chi connectivity index (χ4v) is 3.61. The Hall–Kier alpha value is -2.30. The van der Waals surface area contributed by atoms with Crippen LogP contribution < -0.4 is 5.32 Å². The molecule has 132 valence electrons. The molecule has 1 aliphatic carbocycles. The molecule has 2 aromatic carbocycles. The number of halogens is 2. The van der Waals surface area contributed by atoms with Gasteiger partial charge in [0.15, 0.2) is 0 Å². The molecule has 0 unspecified atom stereocenters. The third-order valence-electron chi connectivity index (χ3n) is 4.80. The molecular weight excluding hydrogens is 369 g/mol. The summed E-state index contributed by atoms with van der Waals surface area (Å²) in [5, 5.41) is 8.52. The van der Waals surface area contributed by atoms with Gasteiger partial charge < -0.3 is 5.32 Å². The van der Waals surface area contributed by atoms with Crippen molar-refractivity contribution < 1.29 is 4.79 Å². The molecule has 1 saturated carbocycles. The summed E-state index contributed by atoms with van der Waals surface area (Å²) in [4.78, 5) is 12.9. The summed E-state index contributed by atoms with van der Waals surface area (Å²) >= 11 is 12.2. The number of carbonyl (C=O) groups is 1. The lowest BCUT2D eigenvalue weighted by Crippen LogP contribution is -2.29. The van der Waals surface area contributed by atoms with E-state index in [1.54, 1.807) is 29.1 Å². The molecule has 0 aliphatic heterocycles. The fourth-order valence-electron chi connectivity index (χ4n) is 3.14. The maximum atomic E-state index is 12.9. The number of anilines is 1. The van der Waals surface area contributed by atoms with E-state index >= 15 is 0 Å². The SMILES string of the molecule is O=C(Nc1ccnn1Cc1ccc(Cl)cc1Cl)C1(c2ccccc2)CC1. The van der Waals surface area contributed by atoms with Gasteiger partial charge in [-0.1, -0.05) is 59.6 Å². The van der Waals surface area contributed by atoms with Crippen LogP contribution >= 0.6 is 23.2 Å². The second-order valence-corrected chi connectivity index (χ2v) is 7.36. The van der Waals surface area contributed by atoms with Crippen LogP contribution in [-0.4, -0.2) is 15.7 Å². The van der Waals surface area contributed by atoms with Crippen molar-refractivity contribution in [2.75, 3.05) is 5.32 Å². The van der Waals surface area contributed by atoms with Crippen LogP contribution in [0.15, 0.2) is 60.8 Å². The van der Waals surface area contributed by atoms with E-state index in [1.165, 1.54) is 0 Å². The Labute approximate surface area is 161 Å². The van der Waals surface area contributed by atoms with Crippen molar-refractivity contribution in [3.63, 3.8) is 0 Å². The van der Waals surface area contributed by atoms with Crippen LogP contribution in [0, 0.1) is 0 Å². The van der Waals surface area contributed by atoms with Crippen LogP contribution in [0.5, 0.6) is 0 Å². The first-order chi connectivity index (χ1) is 12.6. The van der Waals surface area contributed by atoms with Gasteiger partial charge >= 0.3 is 0 Å². The normalized spacial score (nSPS) is 14.8. The first-order valence-electron chi connectivity index (χ1n) is 8.41. The lowest BCUT2D eigenvalue weighted by atomic mass is 9.95. The molecule has 1 amide bonds. The van der Waals surface area contributed by atoms with Crippen molar-refractivity contribution in [1.82, 2.24) is 9.78 Å². The Morgan fingerprint density at radius 3 is 2.58 bits per heavy atom. The lowest BCUT2D eigenvalue weighted by molar-refractivity contribution is -0.118. The Morgan fingerprint density at radius 1 is 1.12 bits per heavy atom.